The van der Waals surface area contributed by atoms with Crippen molar-refractivity contribution in [1.82, 2.24) is 10.3 Å². The van der Waals surface area contributed by atoms with Gasteiger partial charge < -0.3 is 15.4 Å². The molecule has 5 heteroatoms. The minimum Gasteiger partial charge on any atom is -0.480 e. The fourth-order valence-electron chi connectivity index (χ4n) is 2.58. The van der Waals surface area contributed by atoms with E-state index in [2.05, 4.69) is 10.3 Å². The number of carbonyl (C=O) groups is 2. The van der Waals surface area contributed by atoms with E-state index in [0.29, 0.717) is 6.42 Å². The molecule has 1 aromatic heterocycles. The lowest BCUT2D eigenvalue weighted by molar-refractivity contribution is -0.143. The molecule has 0 saturated carbocycles. The normalized spacial score (nSPS) is 12.5. The van der Waals surface area contributed by atoms with Gasteiger partial charge in [0.05, 0.1) is 0 Å². The molecule has 22 heavy (non-hydrogen) atoms. The summed E-state index contributed by atoms with van der Waals surface area (Å²) in [7, 11) is 0. The summed E-state index contributed by atoms with van der Waals surface area (Å²) >= 11 is 0. The van der Waals surface area contributed by atoms with E-state index in [4.69, 9.17) is 5.11 Å². The van der Waals surface area contributed by atoms with Gasteiger partial charge in [-0.05, 0) is 30.4 Å². The van der Waals surface area contributed by atoms with Crippen molar-refractivity contribution < 1.29 is 14.7 Å². The van der Waals surface area contributed by atoms with Gasteiger partial charge in [-0.25, -0.2) is 4.79 Å². The predicted octanol–water partition coefficient (Wildman–Crippen LogP) is 2.63. The van der Waals surface area contributed by atoms with E-state index < -0.39 is 12.0 Å². The Labute approximate surface area is 129 Å². The van der Waals surface area contributed by atoms with Crippen LogP contribution in [-0.2, 0) is 16.0 Å². The Bertz CT molecular complexity index is 688. The van der Waals surface area contributed by atoms with Crippen molar-refractivity contribution in [2.75, 3.05) is 0 Å². The number of nitrogens with one attached hydrogen (secondary N) is 2. The molecule has 1 atom stereocenters. The molecule has 1 aromatic carbocycles. The van der Waals surface area contributed by atoms with Gasteiger partial charge in [0, 0.05) is 23.5 Å². The first-order valence-electron chi connectivity index (χ1n) is 7.48. The van der Waals surface area contributed by atoms with Crippen molar-refractivity contribution >= 4 is 22.8 Å². The summed E-state index contributed by atoms with van der Waals surface area (Å²) in [6, 6.07) is 5.22. The van der Waals surface area contributed by atoms with Crippen LogP contribution >= 0.6 is 0 Å². The van der Waals surface area contributed by atoms with Gasteiger partial charge in [-0.2, -0.15) is 0 Å². The second-order valence-electron chi connectivity index (χ2n) is 5.94. The lowest BCUT2D eigenvalue weighted by Crippen LogP contribution is -2.44. The molecule has 5 nitrogen and oxygen atoms in total. The Morgan fingerprint density at radius 1 is 1.32 bits per heavy atom. The summed E-state index contributed by atoms with van der Waals surface area (Å²) in [6.45, 7) is 5.60. The monoisotopic (exact) mass is 302 g/mol. The molecule has 0 unspecified atom stereocenters. The number of aliphatic carboxylic acids is 1. The Morgan fingerprint density at radius 3 is 2.68 bits per heavy atom. The zero-order chi connectivity index (χ0) is 16.3. The summed E-state index contributed by atoms with van der Waals surface area (Å²) in [4.78, 5) is 26.3. The Morgan fingerprint density at radius 2 is 2.05 bits per heavy atom. The second-order valence-corrected chi connectivity index (χ2v) is 5.94. The van der Waals surface area contributed by atoms with Crippen molar-refractivity contribution in [3.05, 3.63) is 35.5 Å². The minimum absolute atomic E-state index is 0.141. The van der Waals surface area contributed by atoms with Crippen LogP contribution in [0.2, 0.25) is 0 Å². The number of rotatable bonds is 6. The standard InChI is InChI=1S/C17H22N2O3/c1-10(2)15(17(21)22)19-14(20)8-7-12-9-18-16-11(3)5-4-6-13(12)16/h4-6,9-10,15,18H,7-8H2,1-3H3,(H,19,20)(H,21,22)/t15-/m1/s1. The summed E-state index contributed by atoms with van der Waals surface area (Å²) in [5.74, 6) is -1.37. The maximum atomic E-state index is 12.0. The van der Waals surface area contributed by atoms with Crippen LogP contribution in [0, 0.1) is 12.8 Å². The van der Waals surface area contributed by atoms with Crippen molar-refractivity contribution in [2.45, 2.75) is 39.7 Å². The lowest BCUT2D eigenvalue weighted by Gasteiger charge is -2.17. The second kappa shape index (κ2) is 6.64. The smallest absolute Gasteiger partial charge is 0.326 e. The van der Waals surface area contributed by atoms with Gasteiger partial charge in [0.15, 0.2) is 0 Å². The van der Waals surface area contributed by atoms with Gasteiger partial charge in [-0.1, -0.05) is 32.0 Å². The van der Waals surface area contributed by atoms with E-state index >= 15 is 0 Å². The maximum Gasteiger partial charge on any atom is 0.326 e. The van der Waals surface area contributed by atoms with Crippen molar-refractivity contribution in [3.8, 4) is 0 Å². The average Bonchev–Trinajstić information content (AvgIpc) is 2.86. The van der Waals surface area contributed by atoms with E-state index in [0.717, 1.165) is 16.5 Å². The maximum absolute atomic E-state index is 12.0. The molecule has 0 aliphatic carbocycles. The van der Waals surface area contributed by atoms with Crippen molar-refractivity contribution in [3.63, 3.8) is 0 Å². The highest BCUT2D eigenvalue weighted by atomic mass is 16.4. The van der Waals surface area contributed by atoms with Crippen molar-refractivity contribution in [2.24, 2.45) is 5.92 Å². The fraction of sp³-hybridized carbons (Fsp3) is 0.412. The number of benzene rings is 1. The van der Waals surface area contributed by atoms with Gasteiger partial charge >= 0.3 is 5.97 Å². The highest BCUT2D eigenvalue weighted by Gasteiger charge is 2.23. The molecular formula is C17H22N2O3. The number of aromatic nitrogens is 1. The molecule has 118 valence electrons. The van der Waals surface area contributed by atoms with E-state index in [9.17, 15) is 9.59 Å². The molecule has 0 saturated heterocycles. The third-order valence-corrected chi connectivity index (χ3v) is 3.88. The van der Waals surface area contributed by atoms with Crippen molar-refractivity contribution in [1.29, 1.82) is 0 Å². The lowest BCUT2D eigenvalue weighted by atomic mass is 10.0. The van der Waals surface area contributed by atoms with E-state index in [1.165, 1.54) is 5.56 Å². The number of carboxylic acids is 1. The van der Waals surface area contributed by atoms with Gasteiger partial charge in [0.2, 0.25) is 5.91 Å². The molecule has 2 rings (SSSR count). The zero-order valence-electron chi connectivity index (χ0n) is 13.1. The van der Waals surface area contributed by atoms with E-state index in [1.54, 1.807) is 13.8 Å². The highest BCUT2D eigenvalue weighted by Crippen LogP contribution is 2.22. The molecule has 0 aliphatic heterocycles. The topological polar surface area (TPSA) is 82.2 Å². The number of hydrogen-bond donors (Lipinski definition) is 3. The summed E-state index contributed by atoms with van der Waals surface area (Å²) in [6.07, 6.45) is 2.78. The molecule has 0 fully saturated rings. The average molecular weight is 302 g/mol. The number of amides is 1. The quantitative estimate of drug-likeness (QED) is 0.767. The third-order valence-electron chi connectivity index (χ3n) is 3.88. The summed E-state index contributed by atoms with van der Waals surface area (Å²) < 4.78 is 0. The Hall–Kier alpha value is -2.30. The van der Waals surface area contributed by atoms with Gasteiger partial charge in [-0.15, -0.1) is 0 Å². The first-order valence-corrected chi connectivity index (χ1v) is 7.48. The molecule has 0 bridgehead atoms. The molecule has 2 aromatic rings. The van der Waals surface area contributed by atoms with Crippen LogP contribution in [0.25, 0.3) is 10.9 Å². The SMILES string of the molecule is Cc1cccc2c(CCC(=O)N[C@@H](C(=O)O)C(C)C)c[nH]c12. The first-order chi connectivity index (χ1) is 10.4. The summed E-state index contributed by atoms with van der Waals surface area (Å²) in [5, 5.41) is 12.8. The molecule has 1 amide bonds. The zero-order valence-corrected chi connectivity index (χ0v) is 13.1. The van der Waals surface area contributed by atoms with Gasteiger partial charge in [0.25, 0.3) is 0 Å². The highest BCUT2D eigenvalue weighted by molar-refractivity contribution is 5.87. The number of hydrogen-bond acceptors (Lipinski definition) is 2. The van der Waals surface area contributed by atoms with Crippen LogP contribution in [0.1, 0.15) is 31.4 Å². The van der Waals surface area contributed by atoms with Crippen LogP contribution in [-0.4, -0.2) is 28.0 Å². The van der Waals surface area contributed by atoms with Crippen LogP contribution in [0.15, 0.2) is 24.4 Å². The van der Waals surface area contributed by atoms with Crippen LogP contribution in [0.5, 0.6) is 0 Å². The Kier molecular flexibility index (Phi) is 4.85. The number of carboxylic acid groups (broad SMARTS) is 1. The van der Waals surface area contributed by atoms with E-state index in [-0.39, 0.29) is 18.2 Å². The molecular weight excluding hydrogens is 280 g/mol. The largest absolute Gasteiger partial charge is 0.480 e. The number of aromatic amines is 1. The third kappa shape index (κ3) is 3.47. The summed E-state index contributed by atoms with van der Waals surface area (Å²) in [5.41, 5.74) is 3.33. The number of fused-ring (bicyclic) bond motifs is 1. The molecule has 3 N–H and O–H groups in total. The number of H-pyrrole nitrogens is 1. The van der Waals surface area contributed by atoms with Gasteiger partial charge in [-0.3, -0.25) is 4.79 Å². The van der Waals surface area contributed by atoms with Gasteiger partial charge in [0.1, 0.15) is 6.04 Å². The minimum atomic E-state index is -0.994. The van der Waals surface area contributed by atoms with Crippen LogP contribution in [0.3, 0.4) is 0 Å². The molecule has 0 radical (unpaired) electrons. The number of aryl methyl sites for hydroxylation is 2. The molecule has 0 spiro atoms. The number of para-hydroxylation sites is 1. The van der Waals surface area contributed by atoms with E-state index in [1.807, 2.05) is 31.3 Å². The molecule has 1 heterocycles. The molecule has 0 aliphatic rings. The predicted molar refractivity (Wildman–Crippen MR) is 85.8 cm³/mol. The number of carbonyl (C=O) groups excluding carboxylic acids is 1. The van der Waals surface area contributed by atoms with Crippen LogP contribution < -0.4 is 5.32 Å². The Balaban J connectivity index is 2.01. The van der Waals surface area contributed by atoms with Crippen LogP contribution in [0.4, 0.5) is 0 Å². The fourth-order valence-corrected chi connectivity index (χ4v) is 2.58. The first kappa shape index (κ1) is 16.1.